The van der Waals surface area contributed by atoms with E-state index in [1.807, 2.05) is 33.8 Å². The molecule has 1 aliphatic rings. The van der Waals surface area contributed by atoms with Crippen LogP contribution < -0.4 is 20.5 Å². The first-order valence-corrected chi connectivity index (χ1v) is 10.5. The van der Waals surface area contributed by atoms with Gasteiger partial charge in [0.1, 0.15) is 11.5 Å². The van der Waals surface area contributed by atoms with Crippen LogP contribution in [0.1, 0.15) is 50.5 Å². The summed E-state index contributed by atoms with van der Waals surface area (Å²) in [6.45, 7) is 9.77. The maximum Gasteiger partial charge on any atom is 0.495 e. The Hall–Kier alpha value is -2.78. The van der Waals surface area contributed by atoms with Gasteiger partial charge in [-0.05, 0) is 46.8 Å². The molecule has 0 radical (unpaired) electrons. The van der Waals surface area contributed by atoms with Gasteiger partial charge in [0.15, 0.2) is 0 Å². The highest BCUT2D eigenvalue weighted by molar-refractivity contribution is 6.63. The SMILES string of the molecule is CCOC(=O)c1cn(Cc2ccc(OC)cc2OC)c(=O)cc1B1OC(C)(C)C(C)(C)O1. The highest BCUT2D eigenvalue weighted by Gasteiger charge is 2.52. The molecule has 1 aromatic carbocycles. The largest absolute Gasteiger partial charge is 0.497 e. The normalized spacial score (nSPS) is 16.7. The number of pyridine rings is 1. The Morgan fingerprint density at radius 1 is 1.06 bits per heavy atom. The molecule has 8 nitrogen and oxygen atoms in total. The summed E-state index contributed by atoms with van der Waals surface area (Å²) in [4.78, 5) is 25.8. The lowest BCUT2D eigenvalue weighted by molar-refractivity contribution is 0.00578. The molecule has 0 atom stereocenters. The number of benzene rings is 1. The van der Waals surface area contributed by atoms with Gasteiger partial charge in [-0.3, -0.25) is 4.79 Å². The number of carbonyl (C=O) groups is 1. The first kappa shape index (κ1) is 23.9. The van der Waals surface area contributed by atoms with Crippen LogP contribution in [0.4, 0.5) is 0 Å². The Morgan fingerprint density at radius 3 is 2.28 bits per heavy atom. The van der Waals surface area contributed by atoms with Gasteiger partial charge in [-0.25, -0.2) is 4.79 Å². The average Bonchev–Trinajstić information content (AvgIpc) is 2.96. The Labute approximate surface area is 188 Å². The minimum Gasteiger partial charge on any atom is -0.497 e. The van der Waals surface area contributed by atoms with Crippen LogP contribution in [0.15, 0.2) is 35.3 Å². The molecule has 0 bridgehead atoms. The Kier molecular flexibility index (Phi) is 6.71. The number of hydrogen-bond acceptors (Lipinski definition) is 7. The summed E-state index contributed by atoms with van der Waals surface area (Å²) < 4.78 is 29.5. The molecule has 2 aromatic rings. The molecule has 0 unspecified atom stereocenters. The lowest BCUT2D eigenvalue weighted by Gasteiger charge is -2.32. The van der Waals surface area contributed by atoms with Crippen LogP contribution in [0.5, 0.6) is 11.5 Å². The van der Waals surface area contributed by atoms with Gasteiger partial charge in [0.25, 0.3) is 5.56 Å². The van der Waals surface area contributed by atoms with E-state index in [9.17, 15) is 9.59 Å². The van der Waals surface area contributed by atoms with Crippen molar-refractivity contribution in [1.82, 2.24) is 4.57 Å². The standard InChI is InChI=1S/C23H30BNO7/c1-8-30-21(27)17-14-25(13-15-9-10-16(28-6)11-19(15)29-7)20(26)12-18(17)24-31-22(2,3)23(4,5)32-24/h9-12,14H,8,13H2,1-7H3. The van der Waals surface area contributed by atoms with Crippen molar-refractivity contribution in [2.45, 2.75) is 52.4 Å². The molecule has 0 amide bonds. The fourth-order valence-corrected chi connectivity index (χ4v) is 3.42. The van der Waals surface area contributed by atoms with E-state index in [1.165, 1.54) is 16.8 Å². The van der Waals surface area contributed by atoms with Crippen LogP contribution in [0.3, 0.4) is 0 Å². The number of ether oxygens (including phenoxy) is 3. The van der Waals surface area contributed by atoms with Crippen molar-refractivity contribution in [2.24, 2.45) is 0 Å². The lowest BCUT2D eigenvalue weighted by atomic mass is 9.76. The quantitative estimate of drug-likeness (QED) is 0.480. The minimum absolute atomic E-state index is 0.196. The molecule has 172 valence electrons. The van der Waals surface area contributed by atoms with E-state index in [1.54, 1.807) is 33.3 Å². The zero-order chi connectivity index (χ0) is 23.7. The number of methoxy groups -OCH3 is 2. The van der Waals surface area contributed by atoms with Gasteiger partial charge >= 0.3 is 13.1 Å². The number of nitrogens with zero attached hydrogens (tertiary/aromatic N) is 1. The molecule has 2 heterocycles. The van der Waals surface area contributed by atoms with Gasteiger partial charge in [0.2, 0.25) is 0 Å². The molecule has 1 saturated heterocycles. The van der Waals surface area contributed by atoms with Crippen LogP contribution in [-0.4, -0.2) is 49.7 Å². The van der Waals surface area contributed by atoms with Crippen LogP contribution in [0.25, 0.3) is 0 Å². The molecule has 9 heteroatoms. The van der Waals surface area contributed by atoms with Crippen LogP contribution in [-0.2, 0) is 20.6 Å². The molecule has 1 aromatic heterocycles. The molecule has 0 N–H and O–H groups in total. The second-order valence-electron chi connectivity index (χ2n) is 8.60. The highest BCUT2D eigenvalue weighted by atomic mass is 16.7. The van der Waals surface area contributed by atoms with E-state index in [4.69, 9.17) is 23.5 Å². The molecule has 3 rings (SSSR count). The summed E-state index contributed by atoms with van der Waals surface area (Å²) in [6.07, 6.45) is 1.49. The Bertz CT molecular complexity index is 1040. The van der Waals surface area contributed by atoms with Crippen molar-refractivity contribution < 1.29 is 28.3 Å². The summed E-state index contributed by atoms with van der Waals surface area (Å²) >= 11 is 0. The van der Waals surface area contributed by atoms with E-state index in [-0.39, 0.29) is 24.3 Å². The third-order valence-electron chi connectivity index (χ3n) is 6.00. The van der Waals surface area contributed by atoms with Crippen molar-refractivity contribution in [3.63, 3.8) is 0 Å². The minimum atomic E-state index is -0.864. The summed E-state index contributed by atoms with van der Waals surface area (Å²) in [7, 11) is 2.25. The molecule has 0 aliphatic carbocycles. The van der Waals surface area contributed by atoms with E-state index in [0.717, 1.165) is 5.56 Å². The van der Waals surface area contributed by atoms with Crippen molar-refractivity contribution in [3.05, 3.63) is 51.9 Å². The molecular formula is C23H30BNO7. The monoisotopic (exact) mass is 443 g/mol. The topological polar surface area (TPSA) is 85.2 Å². The average molecular weight is 443 g/mol. The van der Waals surface area contributed by atoms with Crippen LogP contribution in [0.2, 0.25) is 0 Å². The van der Waals surface area contributed by atoms with Crippen LogP contribution >= 0.6 is 0 Å². The third-order valence-corrected chi connectivity index (χ3v) is 6.00. The smallest absolute Gasteiger partial charge is 0.495 e. The number of esters is 1. The van der Waals surface area contributed by atoms with Crippen molar-refractivity contribution in [2.75, 3.05) is 20.8 Å². The van der Waals surface area contributed by atoms with Crippen molar-refractivity contribution in [1.29, 1.82) is 0 Å². The summed E-state index contributed by atoms with van der Waals surface area (Å²) in [5.74, 6) is 0.665. The van der Waals surface area contributed by atoms with Gasteiger partial charge in [0.05, 0.1) is 44.1 Å². The maximum absolute atomic E-state index is 13.0. The van der Waals surface area contributed by atoms with Gasteiger partial charge in [-0.2, -0.15) is 0 Å². The molecule has 0 spiro atoms. The molecule has 1 fully saturated rings. The Balaban J connectivity index is 2.05. The maximum atomic E-state index is 13.0. The van der Waals surface area contributed by atoms with E-state index < -0.39 is 24.3 Å². The predicted octanol–water partition coefficient (Wildman–Crippen LogP) is 2.39. The number of carbonyl (C=O) groups excluding carboxylic acids is 1. The lowest BCUT2D eigenvalue weighted by Crippen LogP contribution is -2.42. The highest BCUT2D eigenvalue weighted by Crippen LogP contribution is 2.36. The molecule has 0 saturated carbocycles. The van der Waals surface area contributed by atoms with E-state index >= 15 is 0 Å². The van der Waals surface area contributed by atoms with E-state index in [2.05, 4.69) is 0 Å². The zero-order valence-corrected chi connectivity index (χ0v) is 19.7. The number of aromatic nitrogens is 1. The third kappa shape index (κ3) is 4.54. The molecule has 1 aliphatic heterocycles. The number of hydrogen-bond donors (Lipinski definition) is 0. The van der Waals surface area contributed by atoms with Crippen molar-refractivity contribution >= 4 is 18.6 Å². The number of rotatable bonds is 7. The Morgan fingerprint density at radius 2 is 1.72 bits per heavy atom. The van der Waals surface area contributed by atoms with E-state index in [0.29, 0.717) is 17.0 Å². The van der Waals surface area contributed by atoms with Gasteiger partial charge in [0, 0.05) is 29.4 Å². The van der Waals surface area contributed by atoms with Gasteiger partial charge < -0.3 is 28.1 Å². The first-order valence-electron chi connectivity index (χ1n) is 10.5. The summed E-state index contributed by atoms with van der Waals surface area (Å²) in [5, 5.41) is 0. The fraction of sp³-hybridized carbons (Fsp3) is 0.478. The van der Waals surface area contributed by atoms with Gasteiger partial charge in [-0.15, -0.1) is 0 Å². The zero-order valence-electron chi connectivity index (χ0n) is 19.7. The van der Waals surface area contributed by atoms with Crippen molar-refractivity contribution in [3.8, 4) is 11.5 Å². The second-order valence-corrected chi connectivity index (χ2v) is 8.60. The summed E-state index contributed by atoms with van der Waals surface area (Å²) in [5.41, 5.74) is -0.208. The fourth-order valence-electron chi connectivity index (χ4n) is 3.42. The van der Waals surface area contributed by atoms with Gasteiger partial charge in [-0.1, -0.05) is 0 Å². The summed E-state index contributed by atoms with van der Waals surface area (Å²) in [6, 6.07) is 6.72. The molecular weight excluding hydrogens is 413 g/mol. The predicted molar refractivity (Wildman–Crippen MR) is 121 cm³/mol. The first-order chi connectivity index (χ1) is 15.0. The molecule has 32 heavy (non-hydrogen) atoms. The second kappa shape index (κ2) is 9.00. The van der Waals surface area contributed by atoms with Crippen LogP contribution in [0, 0.1) is 0 Å².